The molecule has 1 unspecified atom stereocenters. The highest BCUT2D eigenvalue weighted by Gasteiger charge is 2.10. The van der Waals surface area contributed by atoms with Gasteiger partial charge in [-0.3, -0.25) is 0 Å². The van der Waals surface area contributed by atoms with Crippen molar-refractivity contribution < 1.29 is 9.13 Å². The monoisotopic (exact) mass is 293 g/mol. The number of anilines is 1. The highest BCUT2D eigenvalue weighted by molar-refractivity contribution is 6.21. The van der Waals surface area contributed by atoms with Crippen LogP contribution in [0.4, 0.5) is 10.1 Å². The zero-order valence-electron chi connectivity index (χ0n) is 11.5. The van der Waals surface area contributed by atoms with Crippen LogP contribution in [-0.2, 0) is 6.54 Å². The molecular formula is C16H17ClFNO. The van der Waals surface area contributed by atoms with Gasteiger partial charge in [-0.15, -0.1) is 11.6 Å². The van der Waals surface area contributed by atoms with Gasteiger partial charge in [-0.2, -0.15) is 0 Å². The van der Waals surface area contributed by atoms with Crippen molar-refractivity contribution >= 4 is 17.3 Å². The van der Waals surface area contributed by atoms with E-state index >= 15 is 0 Å². The van der Waals surface area contributed by atoms with Gasteiger partial charge in [0.25, 0.3) is 0 Å². The second-order valence-electron chi connectivity index (χ2n) is 4.49. The Morgan fingerprint density at radius 2 is 1.95 bits per heavy atom. The van der Waals surface area contributed by atoms with Crippen LogP contribution in [0.3, 0.4) is 0 Å². The van der Waals surface area contributed by atoms with Gasteiger partial charge in [-0.1, -0.05) is 30.3 Å². The normalized spacial score (nSPS) is 12.0. The molecule has 2 aromatic rings. The lowest BCUT2D eigenvalue weighted by molar-refractivity contribution is 0.384. The molecule has 20 heavy (non-hydrogen) atoms. The van der Waals surface area contributed by atoms with Crippen LogP contribution in [0.5, 0.6) is 5.75 Å². The molecule has 0 aromatic heterocycles. The molecule has 0 radical (unpaired) electrons. The number of hydrogen-bond donors (Lipinski definition) is 1. The van der Waals surface area contributed by atoms with Crippen LogP contribution in [-0.4, -0.2) is 7.11 Å². The largest absolute Gasteiger partial charge is 0.494 e. The third-order valence-corrected chi connectivity index (χ3v) is 3.36. The topological polar surface area (TPSA) is 21.3 Å². The molecule has 2 nitrogen and oxygen atoms in total. The van der Waals surface area contributed by atoms with Gasteiger partial charge in [0.1, 0.15) is 0 Å². The molecule has 0 aliphatic rings. The van der Waals surface area contributed by atoms with E-state index in [0.717, 1.165) is 11.3 Å². The SMILES string of the molecule is COc1cccc(CNc2ccccc2C(C)Cl)c1F. The fourth-order valence-corrected chi connectivity index (χ4v) is 2.24. The van der Waals surface area contributed by atoms with Crippen molar-refractivity contribution in [2.24, 2.45) is 0 Å². The maximum atomic E-state index is 14.0. The number of hydrogen-bond acceptors (Lipinski definition) is 2. The Bertz CT molecular complexity index is 586. The Labute approximate surface area is 123 Å². The van der Waals surface area contributed by atoms with Crippen LogP contribution in [0.2, 0.25) is 0 Å². The number of halogens is 2. The lowest BCUT2D eigenvalue weighted by Gasteiger charge is -2.14. The highest BCUT2D eigenvalue weighted by atomic mass is 35.5. The molecule has 0 spiro atoms. The fourth-order valence-electron chi connectivity index (χ4n) is 2.05. The molecule has 0 saturated carbocycles. The molecule has 0 bridgehead atoms. The molecule has 2 rings (SSSR count). The Morgan fingerprint density at radius 1 is 1.20 bits per heavy atom. The van der Waals surface area contributed by atoms with Gasteiger partial charge in [-0.25, -0.2) is 4.39 Å². The van der Waals surface area contributed by atoms with E-state index in [-0.39, 0.29) is 16.9 Å². The number of alkyl halides is 1. The van der Waals surface area contributed by atoms with Gasteiger partial charge >= 0.3 is 0 Å². The standard InChI is InChI=1S/C16H17ClFNO/c1-11(17)13-7-3-4-8-14(13)19-10-12-6-5-9-15(20-2)16(12)18/h3-9,11,19H,10H2,1-2H3. The average Bonchev–Trinajstić information content (AvgIpc) is 2.46. The van der Waals surface area contributed by atoms with Crippen LogP contribution in [0.1, 0.15) is 23.4 Å². The predicted octanol–water partition coefficient (Wildman–Crippen LogP) is 4.75. The third kappa shape index (κ3) is 3.23. The van der Waals surface area contributed by atoms with E-state index in [1.54, 1.807) is 18.2 Å². The summed E-state index contributed by atoms with van der Waals surface area (Å²) < 4.78 is 19.0. The van der Waals surface area contributed by atoms with E-state index in [0.29, 0.717) is 12.1 Å². The summed E-state index contributed by atoms with van der Waals surface area (Å²) in [6.07, 6.45) is 0. The van der Waals surface area contributed by atoms with E-state index in [2.05, 4.69) is 5.32 Å². The van der Waals surface area contributed by atoms with Crippen molar-refractivity contribution in [2.45, 2.75) is 18.8 Å². The van der Waals surface area contributed by atoms with Crippen LogP contribution in [0.25, 0.3) is 0 Å². The molecule has 0 fully saturated rings. The van der Waals surface area contributed by atoms with E-state index in [1.807, 2.05) is 31.2 Å². The summed E-state index contributed by atoms with van der Waals surface area (Å²) in [4.78, 5) is 0. The molecule has 0 aliphatic carbocycles. The number of rotatable bonds is 5. The van der Waals surface area contributed by atoms with E-state index in [4.69, 9.17) is 16.3 Å². The Kier molecular flexibility index (Phi) is 4.85. The van der Waals surface area contributed by atoms with Crippen molar-refractivity contribution in [3.63, 3.8) is 0 Å². The molecule has 1 atom stereocenters. The lowest BCUT2D eigenvalue weighted by Crippen LogP contribution is -2.05. The minimum absolute atomic E-state index is 0.103. The molecule has 0 heterocycles. The Hall–Kier alpha value is -1.74. The fraction of sp³-hybridized carbons (Fsp3) is 0.250. The highest BCUT2D eigenvalue weighted by Crippen LogP contribution is 2.28. The summed E-state index contributed by atoms with van der Waals surface area (Å²) in [7, 11) is 1.46. The molecule has 106 valence electrons. The molecular weight excluding hydrogens is 277 g/mol. The number of methoxy groups -OCH3 is 1. The molecule has 2 aromatic carbocycles. The zero-order valence-corrected chi connectivity index (χ0v) is 12.2. The minimum atomic E-state index is -0.334. The van der Waals surface area contributed by atoms with Crippen LogP contribution < -0.4 is 10.1 Å². The smallest absolute Gasteiger partial charge is 0.170 e. The van der Waals surface area contributed by atoms with Crippen LogP contribution in [0.15, 0.2) is 42.5 Å². The van der Waals surface area contributed by atoms with Crippen molar-refractivity contribution in [3.05, 3.63) is 59.4 Å². The van der Waals surface area contributed by atoms with Gasteiger partial charge in [0.05, 0.1) is 12.5 Å². The average molecular weight is 294 g/mol. The van der Waals surface area contributed by atoms with Crippen molar-refractivity contribution in [2.75, 3.05) is 12.4 Å². The molecule has 4 heteroatoms. The molecule has 0 amide bonds. The maximum absolute atomic E-state index is 14.0. The summed E-state index contributed by atoms with van der Waals surface area (Å²) in [6.45, 7) is 2.29. The first-order chi connectivity index (χ1) is 9.63. The second-order valence-corrected chi connectivity index (χ2v) is 5.14. The van der Waals surface area contributed by atoms with E-state index in [1.165, 1.54) is 7.11 Å². The summed E-state index contributed by atoms with van der Waals surface area (Å²) in [5.74, 6) is -0.0813. The van der Waals surface area contributed by atoms with Crippen molar-refractivity contribution in [1.29, 1.82) is 0 Å². The Balaban J connectivity index is 2.17. The first-order valence-corrected chi connectivity index (χ1v) is 6.85. The predicted molar refractivity (Wildman–Crippen MR) is 81.0 cm³/mol. The van der Waals surface area contributed by atoms with Crippen LogP contribution in [0, 0.1) is 5.82 Å². The van der Waals surface area contributed by atoms with Gasteiger partial charge in [0.2, 0.25) is 0 Å². The van der Waals surface area contributed by atoms with Gasteiger partial charge in [0, 0.05) is 17.8 Å². The minimum Gasteiger partial charge on any atom is -0.494 e. The maximum Gasteiger partial charge on any atom is 0.170 e. The first-order valence-electron chi connectivity index (χ1n) is 6.41. The zero-order chi connectivity index (χ0) is 14.5. The second kappa shape index (κ2) is 6.62. The molecule has 0 saturated heterocycles. The third-order valence-electron chi connectivity index (χ3n) is 3.12. The Morgan fingerprint density at radius 3 is 2.65 bits per heavy atom. The van der Waals surface area contributed by atoms with E-state index < -0.39 is 0 Å². The summed E-state index contributed by atoms with van der Waals surface area (Å²) >= 11 is 6.13. The number of benzene rings is 2. The quantitative estimate of drug-likeness (QED) is 0.804. The lowest BCUT2D eigenvalue weighted by atomic mass is 10.1. The number of nitrogens with one attached hydrogen (secondary N) is 1. The molecule has 1 N–H and O–H groups in total. The number of para-hydroxylation sites is 1. The van der Waals surface area contributed by atoms with Gasteiger partial charge < -0.3 is 10.1 Å². The first kappa shape index (κ1) is 14.7. The molecule has 0 aliphatic heterocycles. The van der Waals surface area contributed by atoms with Gasteiger partial charge in [-0.05, 0) is 24.6 Å². The van der Waals surface area contributed by atoms with E-state index in [9.17, 15) is 4.39 Å². The summed E-state index contributed by atoms with van der Waals surface area (Å²) in [6, 6.07) is 12.9. The number of ether oxygens (including phenoxy) is 1. The van der Waals surface area contributed by atoms with Crippen molar-refractivity contribution in [1.82, 2.24) is 0 Å². The summed E-state index contributed by atoms with van der Waals surface area (Å²) in [5.41, 5.74) is 2.47. The summed E-state index contributed by atoms with van der Waals surface area (Å²) in [5, 5.41) is 3.12. The van der Waals surface area contributed by atoms with Crippen molar-refractivity contribution in [3.8, 4) is 5.75 Å². The van der Waals surface area contributed by atoms with Gasteiger partial charge in [0.15, 0.2) is 11.6 Å². The van der Waals surface area contributed by atoms with Crippen LogP contribution >= 0.6 is 11.6 Å².